The third-order valence-electron chi connectivity index (χ3n) is 2.91. The number of hydrogen-bond acceptors (Lipinski definition) is 2. The van der Waals surface area contributed by atoms with Gasteiger partial charge in [0.2, 0.25) is 5.91 Å². The number of hydrogen-bond donors (Lipinski definition) is 2. The molecule has 2 N–H and O–H groups in total. The van der Waals surface area contributed by atoms with Gasteiger partial charge < -0.3 is 10.6 Å². The first-order valence-corrected chi connectivity index (χ1v) is 6.41. The Balaban J connectivity index is 1.94. The van der Waals surface area contributed by atoms with E-state index in [4.69, 9.17) is 0 Å². The van der Waals surface area contributed by atoms with E-state index in [-0.39, 0.29) is 18.3 Å². The Hall–Kier alpha value is -2.36. The number of amides is 1. The van der Waals surface area contributed by atoms with E-state index in [1.54, 1.807) is 6.07 Å². The summed E-state index contributed by atoms with van der Waals surface area (Å²) < 4.78 is 13.2. The van der Waals surface area contributed by atoms with Crippen molar-refractivity contribution in [2.75, 3.05) is 17.2 Å². The molecule has 0 unspecified atom stereocenters. The minimum absolute atomic E-state index is 0.0945. The van der Waals surface area contributed by atoms with E-state index in [0.717, 1.165) is 16.8 Å². The van der Waals surface area contributed by atoms with Crippen molar-refractivity contribution < 1.29 is 9.18 Å². The van der Waals surface area contributed by atoms with Crippen molar-refractivity contribution in [3.8, 4) is 0 Å². The lowest BCUT2D eigenvalue weighted by Gasteiger charge is -2.10. The van der Waals surface area contributed by atoms with Crippen molar-refractivity contribution in [1.82, 2.24) is 0 Å². The molecule has 0 aromatic heterocycles. The van der Waals surface area contributed by atoms with Crippen molar-refractivity contribution in [3.05, 3.63) is 59.4 Å². The molecule has 2 aromatic carbocycles. The molecule has 3 nitrogen and oxygen atoms in total. The summed E-state index contributed by atoms with van der Waals surface area (Å²) in [6.45, 7) is 3.83. The van der Waals surface area contributed by atoms with Crippen LogP contribution in [0.15, 0.2) is 42.5 Å². The molecule has 0 bridgehead atoms. The van der Waals surface area contributed by atoms with Gasteiger partial charge in [0.05, 0.1) is 6.54 Å². The van der Waals surface area contributed by atoms with E-state index in [0.29, 0.717) is 5.69 Å². The first-order valence-electron chi connectivity index (χ1n) is 6.41. The molecule has 0 aliphatic rings. The smallest absolute Gasteiger partial charge is 0.243 e. The van der Waals surface area contributed by atoms with Crippen molar-refractivity contribution in [1.29, 1.82) is 0 Å². The zero-order valence-corrected chi connectivity index (χ0v) is 11.5. The van der Waals surface area contributed by atoms with Crippen LogP contribution in [0.2, 0.25) is 0 Å². The monoisotopic (exact) mass is 272 g/mol. The summed E-state index contributed by atoms with van der Waals surface area (Å²) >= 11 is 0. The van der Waals surface area contributed by atoms with Crippen LogP contribution in [-0.2, 0) is 4.79 Å². The predicted molar refractivity (Wildman–Crippen MR) is 79.4 cm³/mol. The zero-order chi connectivity index (χ0) is 14.5. The van der Waals surface area contributed by atoms with Gasteiger partial charge in [-0.1, -0.05) is 18.2 Å². The van der Waals surface area contributed by atoms with E-state index in [2.05, 4.69) is 10.6 Å². The van der Waals surface area contributed by atoms with E-state index >= 15 is 0 Å². The Labute approximate surface area is 117 Å². The van der Waals surface area contributed by atoms with Crippen molar-refractivity contribution in [2.24, 2.45) is 0 Å². The molecule has 0 spiro atoms. The molecule has 0 aliphatic heterocycles. The Kier molecular flexibility index (Phi) is 4.35. The number of aryl methyl sites for hydroxylation is 2. The van der Waals surface area contributed by atoms with Crippen LogP contribution in [0.5, 0.6) is 0 Å². The molecule has 0 atom stereocenters. The molecule has 0 fully saturated rings. The van der Waals surface area contributed by atoms with Crippen LogP contribution < -0.4 is 10.6 Å². The molecule has 1 amide bonds. The third-order valence-corrected chi connectivity index (χ3v) is 2.91. The summed E-state index contributed by atoms with van der Waals surface area (Å²) in [5.41, 5.74) is 3.20. The first-order chi connectivity index (χ1) is 9.54. The van der Waals surface area contributed by atoms with Gasteiger partial charge >= 0.3 is 0 Å². The van der Waals surface area contributed by atoms with E-state index in [1.165, 1.54) is 12.1 Å². The highest BCUT2D eigenvalue weighted by atomic mass is 19.1. The van der Waals surface area contributed by atoms with Crippen LogP contribution in [0, 0.1) is 19.7 Å². The summed E-state index contributed by atoms with van der Waals surface area (Å²) in [5, 5.41) is 5.73. The molecule has 20 heavy (non-hydrogen) atoms. The van der Waals surface area contributed by atoms with E-state index in [9.17, 15) is 9.18 Å². The highest BCUT2D eigenvalue weighted by Crippen LogP contribution is 2.14. The van der Waals surface area contributed by atoms with Gasteiger partial charge in [-0.3, -0.25) is 4.79 Å². The maximum atomic E-state index is 13.2. The van der Waals surface area contributed by atoms with Gasteiger partial charge in [-0.05, 0) is 49.2 Å². The van der Waals surface area contributed by atoms with Crippen LogP contribution in [0.4, 0.5) is 15.8 Å². The second-order valence-electron chi connectivity index (χ2n) is 4.73. The lowest BCUT2D eigenvalue weighted by molar-refractivity contribution is -0.114. The van der Waals surface area contributed by atoms with E-state index < -0.39 is 0 Å². The number of halogens is 1. The zero-order valence-electron chi connectivity index (χ0n) is 11.5. The Morgan fingerprint density at radius 2 is 1.90 bits per heavy atom. The molecule has 0 radical (unpaired) electrons. The Bertz CT molecular complexity index is 605. The van der Waals surface area contributed by atoms with Gasteiger partial charge in [-0.25, -0.2) is 4.39 Å². The summed E-state index contributed by atoms with van der Waals surface area (Å²) in [6, 6.07) is 12.2. The molecule has 2 rings (SSSR count). The average molecular weight is 272 g/mol. The van der Waals surface area contributed by atoms with Gasteiger partial charge in [-0.2, -0.15) is 0 Å². The fourth-order valence-electron chi connectivity index (χ4n) is 1.93. The first kappa shape index (κ1) is 14.1. The lowest BCUT2D eigenvalue weighted by Crippen LogP contribution is -2.22. The number of benzene rings is 2. The van der Waals surface area contributed by atoms with Crippen LogP contribution in [-0.4, -0.2) is 12.5 Å². The number of carbonyl (C=O) groups excluding carboxylic acids is 1. The number of nitrogens with one attached hydrogen (secondary N) is 2. The quantitative estimate of drug-likeness (QED) is 0.894. The molecular formula is C16H17FN2O. The largest absolute Gasteiger partial charge is 0.376 e. The Morgan fingerprint density at radius 3 is 2.60 bits per heavy atom. The van der Waals surface area contributed by atoms with Crippen LogP contribution >= 0.6 is 0 Å². The maximum absolute atomic E-state index is 13.2. The van der Waals surface area contributed by atoms with Crippen LogP contribution in [0.3, 0.4) is 0 Å². The number of rotatable bonds is 4. The summed E-state index contributed by atoms with van der Waals surface area (Å²) in [7, 11) is 0. The second kappa shape index (κ2) is 6.19. The highest BCUT2D eigenvalue weighted by molar-refractivity contribution is 5.94. The van der Waals surface area contributed by atoms with Crippen molar-refractivity contribution in [2.45, 2.75) is 13.8 Å². The molecule has 0 saturated carbocycles. The molecule has 4 heteroatoms. The molecule has 104 valence electrons. The predicted octanol–water partition coefficient (Wildman–Crippen LogP) is 3.49. The fraction of sp³-hybridized carbons (Fsp3) is 0.188. The molecule has 0 saturated heterocycles. The standard InChI is InChI=1S/C16H17FN2O/c1-11-7-13(17)9-14(8-11)18-10-16(20)19-15-6-4-3-5-12(15)2/h3-9,18H,10H2,1-2H3,(H,19,20). The SMILES string of the molecule is Cc1cc(F)cc(NCC(=O)Nc2ccccc2C)c1. The molecule has 0 aliphatic carbocycles. The van der Waals surface area contributed by atoms with Gasteiger partial charge in [0.1, 0.15) is 5.82 Å². The highest BCUT2D eigenvalue weighted by Gasteiger charge is 2.05. The molecular weight excluding hydrogens is 255 g/mol. The Morgan fingerprint density at radius 1 is 1.15 bits per heavy atom. The van der Waals surface area contributed by atoms with Crippen molar-refractivity contribution >= 4 is 17.3 Å². The number of carbonyl (C=O) groups is 1. The maximum Gasteiger partial charge on any atom is 0.243 e. The molecule has 2 aromatic rings. The van der Waals surface area contributed by atoms with Crippen LogP contribution in [0.1, 0.15) is 11.1 Å². The van der Waals surface area contributed by atoms with Crippen LogP contribution in [0.25, 0.3) is 0 Å². The van der Waals surface area contributed by atoms with Gasteiger partial charge in [0.15, 0.2) is 0 Å². The van der Waals surface area contributed by atoms with Crippen molar-refractivity contribution in [3.63, 3.8) is 0 Å². The summed E-state index contributed by atoms with van der Waals surface area (Å²) in [5.74, 6) is -0.479. The van der Waals surface area contributed by atoms with Gasteiger partial charge in [-0.15, -0.1) is 0 Å². The van der Waals surface area contributed by atoms with Gasteiger partial charge in [0.25, 0.3) is 0 Å². The topological polar surface area (TPSA) is 41.1 Å². The fourth-order valence-corrected chi connectivity index (χ4v) is 1.93. The number of anilines is 2. The van der Waals surface area contributed by atoms with Gasteiger partial charge in [0, 0.05) is 11.4 Å². The summed E-state index contributed by atoms with van der Waals surface area (Å²) in [6.07, 6.45) is 0. The second-order valence-corrected chi connectivity index (χ2v) is 4.73. The third kappa shape index (κ3) is 3.82. The number of para-hydroxylation sites is 1. The normalized spacial score (nSPS) is 10.2. The van der Waals surface area contributed by atoms with E-state index in [1.807, 2.05) is 38.1 Å². The average Bonchev–Trinajstić information content (AvgIpc) is 2.38. The summed E-state index contributed by atoms with van der Waals surface area (Å²) in [4.78, 5) is 11.8. The minimum Gasteiger partial charge on any atom is -0.376 e. The molecule has 0 heterocycles. The minimum atomic E-state index is -0.313. The lowest BCUT2D eigenvalue weighted by atomic mass is 10.2.